The zero-order valence-corrected chi connectivity index (χ0v) is 30.3. The van der Waals surface area contributed by atoms with Crippen LogP contribution in [-0.2, 0) is 0 Å². The zero-order chi connectivity index (χ0) is 30.3. The van der Waals surface area contributed by atoms with Crippen molar-refractivity contribution in [2.75, 3.05) is 0 Å². The Balaban J connectivity index is -0.0000000139. The van der Waals surface area contributed by atoms with Crippen LogP contribution >= 0.6 is 0 Å². The lowest BCUT2D eigenvalue weighted by Gasteiger charge is -1.79. The highest BCUT2D eigenvalue weighted by atomic mass is 13.8. The molecule has 0 radical (unpaired) electrons. The van der Waals surface area contributed by atoms with E-state index in [1.54, 1.807) is 0 Å². The molecule has 0 amide bonds. The summed E-state index contributed by atoms with van der Waals surface area (Å²) >= 11 is 0. The number of hydrogen-bond donors (Lipinski definition) is 0. The van der Waals surface area contributed by atoms with Crippen molar-refractivity contribution in [3.05, 3.63) is 0 Å². The Hall–Kier alpha value is 0. The van der Waals surface area contributed by atoms with Gasteiger partial charge in [0.15, 0.2) is 0 Å². The zero-order valence-electron chi connectivity index (χ0n) is 30.3. The molecule has 0 spiro atoms. The molecule has 0 fully saturated rings. The summed E-state index contributed by atoms with van der Waals surface area (Å²) in [7, 11) is 0. The second-order valence-corrected chi connectivity index (χ2v) is 6.93. The highest BCUT2D eigenvalue weighted by Gasteiger charge is 1.69. The third kappa shape index (κ3) is 0. The number of rotatable bonds is 0. The predicted octanol–water partition coefficient (Wildman–Crippen LogP) is 14.9. The molecule has 0 saturated carbocycles. The van der Waals surface area contributed by atoms with E-state index in [9.17, 15) is 0 Å². The minimum atomic E-state index is 0.833. The fourth-order valence-corrected chi connectivity index (χ4v) is 0. The summed E-state index contributed by atoms with van der Waals surface area (Å²) < 4.78 is 0. The first-order valence-electron chi connectivity index (χ1n) is 14.9. The molecule has 0 aliphatic carbocycles. The molecule has 0 aliphatic heterocycles. The quantitative estimate of drug-likeness (QED) is 0.328. The van der Waals surface area contributed by atoms with Crippen LogP contribution in [0.25, 0.3) is 0 Å². The van der Waals surface area contributed by atoms with E-state index in [1.165, 1.54) is 0 Å². The van der Waals surface area contributed by atoms with Gasteiger partial charge in [0.2, 0.25) is 0 Å². The Morgan fingerprint density at radius 2 is 0.156 bits per heavy atom. The molecule has 0 atom stereocenters. The maximum Gasteiger partial charge on any atom is -0.0500 e. The molecule has 0 saturated heterocycles. The van der Waals surface area contributed by atoms with E-state index in [0.29, 0.717) is 0 Å². The van der Waals surface area contributed by atoms with Gasteiger partial charge in [-0.1, -0.05) is 194 Å². The van der Waals surface area contributed by atoms with Crippen LogP contribution in [0.3, 0.4) is 0 Å². The summed E-state index contributed by atoms with van der Waals surface area (Å²) in [5.74, 6) is 3.33. The molecule has 0 heteroatoms. The number of hydrogen-bond acceptors (Lipinski definition) is 0. The fraction of sp³-hybridized carbons (Fsp3) is 1.00. The molecule has 0 N–H and O–H groups in total. The lowest BCUT2D eigenvalue weighted by molar-refractivity contribution is 0.736. The van der Waals surface area contributed by atoms with Crippen LogP contribution in [0.2, 0.25) is 0 Å². The summed E-state index contributed by atoms with van der Waals surface area (Å²) in [6.07, 6.45) is 0. The lowest BCUT2D eigenvalue weighted by Crippen LogP contribution is -1.66. The van der Waals surface area contributed by atoms with Gasteiger partial charge in [-0.3, -0.25) is 0 Å². The van der Waals surface area contributed by atoms with Crippen molar-refractivity contribution in [1.82, 2.24) is 0 Å². The topological polar surface area (TPSA) is 0 Å². The highest BCUT2D eigenvalue weighted by Crippen LogP contribution is 1.82. The molecule has 32 heavy (non-hydrogen) atoms. The Morgan fingerprint density at radius 1 is 0.156 bits per heavy atom. The molecule has 0 aromatic carbocycles. The van der Waals surface area contributed by atoms with Crippen molar-refractivity contribution in [3.63, 3.8) is 0 Å². The Labute approximate surface area is 217 Å². The standard InChI is InChI=1S/4C4H10.8C2H6/c4*1-4(2)3;8*1-2/h4*4H,1-3H3;8*1-2H3. The Kier molecular flexibility index (Phi) is 465. The van der Waals surface area contributed by atoms with Crippen molar-refractivity contribution in [1.29, 1.82) is 0 Å². The average molecular weight is 473 g/mol. The largest absolute Gasteiger partial charge is 0.0683 e. The van der Waals surface area contributed by atoms with E-state index in [4.69, 9.17) is 0 Å². The van der Waals surface area contributed by atoms with Gasteiger partial charge in [0.1, 0.15) is 0 Å². The smallest absolute Gasteiger partial charge is 0.0500 e. The van der Waals surface area contributed by atoms with Crippen LogP contribution in [0.1, 0.15) is 194 Å². The first kappa shape index (κ1) is 76.9. The molecule has 0 aromatic rings. The van der Waals surface area contributed by atoms with Gasteiger partial charge in [0.05, 0.1) is 0 Å². The highest BCUT2D eigenvalue weighted by molar-refractivity contribution is 4.21. The second-order valence-electron chi connectivity index (χ2n) is 6.93. The SMILES string of the molecule is CC.CC.CC.CC.CC.CC.CC.CC.CC(C)C.CC(C)C.CC(C)C.CC(C)C. The van der Waals surface area contributed by atoms with Gasteiger partial charge in [-0.25, -0.2) is 0 Å². The summed E-state index contributed by atoms with van der Waals surface area (Å²) in [5.41, 5.74) is 0. The van der Waals surface area contributed by atoms with Crippen molar-refractivity contribution in [3.8, 4) is 0 Å². The van der Waals surface area contributed by atoms with Gasteiger partial charge >= 0.3 is 0 Å². The predicted molar refractivity (Wildman–Crippen MR) is 173 cm³/mol. The molecule has 0 heterocycles. The van der Waals surface area contributed by atoms with Gasteiger partial charge in [0.25, 0.3) is 0 Å². The molecular weight excluding hydrogens is 384 g/mol. The summed E-state index contributed by atoms with van der Waals surface area (Å²) in [6.45, 7) is 58.0. The third-order valence-corrected chi connectivity index (χ3v) is 0. The minimum absolute atomic E-state index is 0.833. The van der Waals surface area contributed by atoms with Crippen molar-refractivity contribution in [2.24, 2.45) is 23.7 Å². The maximum absolute atomic E-state index is 2.17. The third-order valence-electron chi connectivity index (χ3n) is 0. The summed E-state index contributed by atoms with van der Waals surface area (Å²) in [6, 6.07) is 0. The summed E-state index contributed by atoms with van der Waals surface area (Å²) in [4.78, 5) is 0. The van der Waals surface area contributed by atoms with Crippen molar-refractivity contribution >= 4 is 0 Å². The van der Waals surface area contributed by atoms with Gasteiger partial charge in [-0.2, -0.15) is 0 Å². The van der Waals surface area contributed by atoms with Crippen LogP contribution in [0, 0.1) is 23.7 Å². The summed E-state index contributed by atoms with van der Waals surface area (Å²) in [5, 5.41) is 0. The van der Waals surface area contributed by atoms with Gasteiger partial charge in [0, 0.05) is 0 Å². The van der Waals surface area contributed by atoms with Crippen LogP contribution < -0.4 is 0 Å². The molecule has 0 aromatic heterocycles. The first-order chi connectivity index (χ1) is 14.9. The molecule has 0 bridgehead atoms. The normalized spacial score (nSPS) is 6.00. The minimum Gasteiger partial charge on any atom is -0.0683 e. The van der Waals surface area contributed by atoms with Crippen LogP contribution in [0.15, 0.2) is 0 Å². The molecule has 216 valence electrons. The van der Waals surface area contributed by atoms with E-state index in [-0.39, 0.29) is 0 Å². The van der Waals surface area contributed by atoms with E-state index < -0.39 is 0 Å². The van der Waals surface area contributed by atoms with Crippen LogP contribution in [0.4, 0.5) is 0 Å². The molecule has 0 unspecified atom stereocenters. The van der Waals surface area contributed by atoms with Crippen LogP contribution in [-0.4, -0.2) is 0 Å². The van der Waals surface area contributed by atoms with Gasteiger partial charge in [-0.05, 0) is 23.7 Å². The fourth-order valence-electron chi connectivity index (χ4n) is 0. The Bertz CT molecular complexity index is 43.0. The lowest BCUT2D eigenvalue weighted by atomic mass is 10.3. The maximum atomic E-state index is 2.17. The van der Waals surface area contributed by atoms with E-state index >= 15 is 0 Å². The molecule has 0 nitrogen and oxygen atoms in total. The van der Waals surface area contributed by atoms with E-state index in [1.807, 2.05) is 111 Å². The Morgan fingerprint density at radius 3 is 0.156 bits per heavy atom. The second kappa shape index (κ2) is 194. The van der Waals surface area contributed by atoms with Gasteiger partial charge in [-0.15, -0.1) is 0 Å². The van der Waals surface area contributed by atoms with Crippen molar-refractivity contribution < 1.29 is 0 Å². The monoisotopic (exact) mass is 473 g/mol. The van der Waals surface area contributed by atoms with E-state index in [2.05, 4.69) is 83.1 Å². The first-order valence-corrected chi connectivity index (χ1v) is 14.9. The molecule has 0 rings (SSSR count). The van der Waals surface area contributed by atoms with E-state index in [0.717, 1.165) is 23.7 Å². The van der Waals surface area contributed by atoms with Crippen LogP contribution in [0.5, 0.6) is 0 Å². The molecule has 0 aliphatic rings. The van der Waals surface area contributed by atoms with Gasteiger partial charge < -0.3 is 0 Å². The molecular formula is C32H88. The van der Waals surface area contributed by atoms with Crippen molar-refractivity contribution in [2.45, 2.75) is 194 Å². The average Bonchev–Trinajstić information content (AvgIpc) is 2.77.